The van der Waals surface area contributed by atoms with Gasteiger partial charge in [-0.25, -0.2) is 0 Å². The first kappa shape index (κ1) is 14.1. The fourth-order valence-corrected chi connectivity index (χ4v) is 4.24. The van der Waals surface area contributed by atoms with E-state index in [9.17, 15) is 0 Å². The van der Waals surface area contributed by atoms with Crippen LogP contribution in [0.2, 0.25) is 0 Å². The van der Waals surface area contributed by atoms with Gasteiger partial charge in [0.15, 0.2) is 11.5 Å². The predicted molar refractivity (Wildman–Crippen MR) is 84.6 cm³/mol. The van der Waals surface area contributed by atoms with Gasteiger partial charge in [-0.15, -0.1) is 0 Å². The third-order valence-electron chi connectivity index (χ3n) is 5.43. The summed E-state index contributed by atoms with van der Waals surface area (Å²) in [5.74, 6) is 1.79. The molecule has 0 amide bonds. The van der Waals surface area contributed by atoms with Crippen LogP contribution in [-0.2, 0) is 16.7 Å². The van der Waals surface area contributed by atoms with Gasteiger partial charge in [0.1, 0.15) is 6.10 Å². The molecule has 0 N–H and O–H groups in total. The fourth-order valence-electron chi connectivity index (χ4n) is 4.24. The highest BCUT2D eigenvalue weighted by atomic mass is 16.5. The van der Waals surface area contributed by atoms with Crippen LogP contribution in [0.4, 0.5) is 0 Å². The second kappa shape index (κ2) is 5.00. The lowest BCUT2D eigenvalue weighted by molar-refractivity contribution is 0.0551. The van der Waals surface area contributed by atoms with E-state index >= 15 is 0 Å². The summed E-state index contributed by atoms with van der Waals surface area (Å²) < 4.78 is 17.5. The molecule has 0 saturated carbocycles. The van der Waals surface area contributed by atoms with Gasteiger partial charge in [0.2, 0.25) is 0 Å². The van der Waals surface area contributed by atoms with Gasteiger partial charge in [-0.2, -0.15) is 0 Å². The first-order valence-corrected chi connectivity index (χ1v) is 7.95. The summed E-state index contributed by atoms with van der Waals surface area (Å²) in [4.78, 5) is 2.39. The van der Waals surface area contributed by atoms with Crippen molar-refractivity contribution >= 4 is 0 Å². The Labute approximate surface area is 131 Å². The largest absolute Gasteiger partial charge is 0.493 e. The second-order valence-corrected chi connectivity index (χ2v) is 6.63. The van der Waals surface area contributed by atoms with Crippen LogP contribution in [0.1, 0.15) is 24.0 Å². The molecule has 0 saturated heterocycles. The van der Waals surface area contributed by atoms with Gasteiger partial charge in [0.25, 0.3) is 0 Å². The van der Waals surface area contributed by atoms with Crippen molar-refractivity contribution in [2.24, 2.45) is 0 Å². The van der Waals surface area contributed by atoms with Gasteiger partial charge in [-0.1, -0.05) is 18.2 Å². The summed E-state index contributed by atoms with van der Waals surface area (Å²) in [6.07, 6.45) is 6.80. The molecule has 0 unspecified atom stereocenters. The zero-order chi connectivity index (χ0) is 15.3. The van der Waals surface area contributed by atoms with E-state index in [1.165, 1.54) is 11.1 Å². The Morgan fingerprint density at radius 1 is 1.32 bits per heavy atom. The SMILES string of the molecule is COc1ccc2c3c1O[C@H]1C[C@@H](OC)C=C[C@@]31CCN(C)C2. The summed E-state index contributed by atoms with van der Waals surface area (Å²) in [5, 5.41) is 0. The maximum Gasteiger partial charge on any atom is 0.166 e. The van der Waals surface area contributed by atoms with Crippen molar-refractivity contribution in [3.8, 4) is 11.5 Å². The van der Waals surface area contributed by atoms with E-state index in [2.05, 4.69) is 30.2 Å². The molecule has 4 heteroatoms. The summed E-state index contributed by atoms with van der Waals surface area (Å²) in [7, 11) is 5.67. The summed E-state index contributed by atoms with van der Waals surface area (Å²) in [5.41, 5.74) is 2.67. The molecule has 2 heterocycles. The van der Waals surface area contributed by atoms with Crippen LogP contribution in [0.15, 0.2) is 24.3 Å². The van der Waals surface area contributed by atoms with Crippen molar-refractivity contribution in [1.82, 2.24) is 4.90 Å². The van der Waals surface area contributed by atoms with Gasteiger partial charge in [-0.05, 0) is 31.6 Å². The molecule has 1 aliphatic carbocycles. The standard InChI is InChI=1S/C18H23NO3/c1-19-9-8-18-7-6-13(20-2)10-15(18)22-17-14(21-3)5-4-12(11-19)16(17)18/h4-7,13,15H,8-11H2,1-3H3/t13-,15-,18-/m0/s1. The molecule has 1 spiro atoms. The van der Waals surface area contributed by atoms with E-state index < -0.39 is 0 Å². The molecule has 118 valence electrons. The Morgan fingerprint density at radius 2 is 2.18 bits per heavy atom. The van der Waals surface area contributed by atoms with E-state index in [1.807, 2.05) is 6.07 Å². The third kappa shape index (κ3) is 1.83. The van der Waals surface area contributed by atoms with Crippen molar-refractivity contribution < 1.29 is 14.2 Å². The first-order chi connectivity index (χ1) is 10.7. The Morgan fingerprint density at radius 3 is 2.95 bits per heavy atom. The minimum atomic E-state index is -0.0288. The Kier molecular flexibility index (Phi) is 3.20. The third-order valence-corrected chi connectivity index (χ3v) is 5.43. The second-order valence-electron chi connectivity index (χ2n) is 6.63. The lowest BCUT2D eigenvalue weighted by Gasteiger charge is -2.36. The van der Waals surface area contributed by atoms with E-state index in [1.54, 1.807) is 14.2 Å². The average Bonchev–Trinajstić information content (AvgIpc) is 2.80. The topological polar surface area (TPSA) is 30.9 Å². The van der Waals surface area contributed by atoms with Crippen molar-refractivity contribution in [3.63, 3.8) is 0 Å². The number of ether oxygens (including phenoxy) is 3. The van der Waals surface area contributed by atoms with Gasteiger partial charge in [0, 0.05) is 25.6 Å². The molecule has 4 rings (SSSR count). The molecule has 2 aliphatic heterocycles. The maximum atomic E-state index is 6.40. The summed E-state index contributed by atoms with van der Waals surface area (Å²) >= 11 is 0. The highest BCUT2D eigenvalue weighted by Gasteiger charge is 2.52. The van der Waals surface area contributed by atoms with Gasteiger partial charge >= 0.3 is 0 Å². The normalized spacial score (nSPS) is 32.9. The van der Waals surface area contributed by atoms with Crippen LogP contribution in [0, 0.1) is 0 Å². The van der Waals surface area contributed by atoms with Crippen LogP contribution in [0.3, 0.4) is 0 Å². The number of rotatable bonds is 2. The minimum absolute atomic E-state index is 0.0288. The number of benzene rings is 1. The van der Waals surface area contributed by atoms with Crippen LogP contribution in [0.25, 0.3) is 0 Å². The van der Waals surface area contributed by atoms with Crippen LogP contribution in [-0.4, -0.2) is 44.9 Å². The number of methoxy groups -OCH3 is 2. The first-order valence-electron chi connectivity index (χ1n) is 7.95. The van der Waals surface area contributed by atoms with E-state index in [4.69, 9.17) is 14.2 Å². The highest BCUT2D eigenvalue weighted by Crippen LogP contribution is 2.55. The Bertz CT molecular complexity index is 627. The molecule has 3 aliphatic rings. The quantitative estimate of drug-likeness (QED) is 0.785. The van der Waals surface area contributed by atoms with Gasteiger partial charge < -0.3 is 19.1 Å². The van der Waals surface area contributed by atoms with Crippen LogP contribution < -0.4 is 9.47 Å². The fraction of sp³-hybridized carbons (Fsp3) is 0.556. The molecular formula is C18H23NO3. The Balaban J connectivity index is 1.91. The number of hydrogen-bond acceptors (Lipinski definition) is 4. The molecular weight excluding hydrogens is 278 g/mol. The summed E-state index contributed by atoms with van der Waals surface area (Å²) in [6.45, 7) is 2.03. The summed E-state index contributed by atoms with van der Waals surface area (Å²) in [6, 6.07) is 4.24. The smallest absolute Gasteiger partial charge is 0.166 e. The van der Waals surface area contributed by atoms with Crippen molar-refractivity contribution in [2.75, 3.05) is 27.8 Å². The van der Waals surface area contributed by atoms with Gasteiger partial charge in [0.05, 0.1) is 18.6 Å². The highest BCUT2D eigenvalue weighted by molar-refractivity contribution is 5.60. The molecule has 22 heavy (non-hydrogen) atoms. The molecule has 0 radical (unpaired) electrons. The van der Waals surface area contributed by atoms with E-state index in [-0.39, 0.29) is 17.6 Å². The van der Waals surface area contributed by atoms with Crippen LogP contribution >= 0.6 is 0 Å². The van der Waals surface area contributed by atoms with E-state index in [0.29, 0.717) is 0 Å². The Hall–Kier alpha value is -1.52. The predicted octanol–water partition coefficient (Wildman–Crippen LogP) is 2.50. The number of nitrogens with zero attached hydrogens (tertiary/aromatic N) is 1. The molecule has 3 atom stereocenters. The molecule has 0 aromatic heterocycles. The maximum absolute atomic E-state index is 6.40. The van der Waals surface area contributed by atoms with Gasteiger partial charge in [-0.3, -0.25) is 0 Å². The molecule has 1 aromatic carbocycles. The lowest BCUT2D eigenvalue weighted by Crippen LogP contribution is -2.43. The lowest BCUT2D eigenvalue weighted by atomic mass is 9.69. The molecule has 0 fully saturated rings. The van der Waals surface area contributed by atoms with Crippen molar-refractivity contribution in [3.05, 3.63) is 35.4 Å². The minimum Gasteiger partial charge on any atom is -0.493 e. The molecule has 4 nitrogen and oxygen atoms in total. The number of hydrogen-bond donors (Lipinski definition) is 0. The van der Waals surface area contributed by atoms with Crippen molar-refractivity contribution in [1.29, 1.82) is 0 Å². The van der Waals surface area contributed by atoms with Crippen molar-refractivity contribution in [2.45, 2.75) is 37.0 Å². The van der Waals surface area contributed by atoms with Crippen LogP contribution in [0.5, 0.6) is 11.5 Å². The van der Waals surface area contributed by atoms with E-state index in [0.717, 1.165) is 37.4 Å². The molecule has 0 bridgehead atoms. The monoisotopic (exact) mass is 301 g/mol. The average molecular weight is 301 g/mol. The molecule has 1 aromatic rings. The zero-order valence-electron chi connectivity index (χ0n) is 13.5. The zero-order valence-corrected chi connectivity index (χ0v) is 13.5.